The first-order chi connectivity index (χ1) is 5.94. The maximum absolute atomic E-state index is 11.6. The number of likely N-dealkylation sites (N-methyl/N-ethyl adjacent to an activating group) is 1. The van der Waals surface area contributed by atoms with Crippen molar-refractivity contribution in [2.75, 3.05) is 13.6 Å². The lowest BCUT2D eigenvalue weighted by Crippen LogP contribution is -2.42. The number of rotatable bonds is 5. The SMILES string of the molecule is CCC(C)(C)C(=O)NCC(C)NC. The summed E-state index contributed by atoms with van der Waals surface area (Å²) in [7, 11) is 1.89. The third-order valence-electron chi connectivity index (χ3n) is 2.56. The van der Waals surface area contributed by atoms with Gasteiger partial charge in [0.2, 0.25) is 5.91 Å². The Bertz CT molecular complexity index is 166. The molecule has 0 aromatic rings. The first-order valence-corrected chi connectivity index (χ1v) is 4.89. The fourth-order valence-corrected chi connectivity index (χ4v) is 0.748. The van der Waals surface area contributed by atoms with Crippen LogP contribution in [0, 0.1) is 5.41 Å². The molecule has 0 aromatic carbocycles. The topological polar surface area (TPSA) is 41.1 Å². The van der Waals surface area contributed by atoms with Gasteiger partial charge in [0.05, 0.1) is 0 Å². The monoisotopic (exact) mass is 186 g/mol. The van der Waals surface area contributed by atoms with E-state index in [4.69, 9.17) is 0 Å². The van der Waals surface area contributed by atoms with Gasteiger partial charge in [-0.05, 0) is 20.4 Å². The molecule has 0 heterocycles. The van der Waals surface area contributed by atoms with Crippen LogP contribution in [-0.4, -0.2) is 25.5 Å². The largest absolute Gasteiger partial charge is 0.354 e. The van der Waals surface area contributed by atoms with Gasteiger partial charge in [-0.1, -0.05) is 20.8 Å². The third-order valence-corrected chi connectivity index (χ3v) is 2.56. The van der Waals surface area contributed by atoms with Gasteiger partial charge in [-0.15, -0.1) is 0 Å². The van der Waals surface area contributed by atoms with E-state index in [2.05, 4.69) is 10.6 Å². The Kier molecular flexibility index (Phi) is 4.99. The van der Waals surface area contributed by atoms with E-state index in [1.165, 1.54) is 0 Å². The minimum atomic E-state index is -0.243. The van der Waals surface area contributed by atoms with Crippen molar-refractivity contribution in [1.82, 2.24) is 10.6 Å². The highest BCUT2D eigenvalue weighted by molar-refractivity contribution is 5.81. The summed E-state index contributed by atoms with van der Waals surface area (Å²) in [6, 6.07) is 0.330. The summed E-state index contributed by atoms with van der Waals surface area (Å²) in [4.78, 5) is 11.6. The van der Waals surface area contributed by atoms with Gasteiger partial charge in [0.15, 0.2) is 0 Å². The van der Waals surface area contributed by atoms with Crippen LogP contribution in [0.25, 0.3) is 0 Å². The van der Waals surface area contributed by atoms with Crippen LogP contribution in [0.3, 0.4) is 0 Å². The smallest absolute Gasteiger partial charge is 0.225 e. The van der Waals surface area contributed by atoms with E-state index < -0.39 is 0 Å². The number of hydrogen-bond acceptors (Lipinski definition) is 2. The van der Waals surface area contributed by atoms with E-state index >= 15 is 0 Å². The molecule has 0 bridgehead atoms. The Balaban J connectivity index is 3.88. The molecule has 0 saturated heterocycles. The van der Waals surface area contributed by atoms with E-state index in [-0.39, 0.29) is 11.3 Å². The van der Waals surface area contributed by atoms with Gasteiger partial charge in [0, 0.05) is 18.0 Å². The Hall–Kier alpha value is -0.570. The molecule has 3 heteroatoms. The van der Waals surface area contributed by atoms with Crippen molar-refractivity contribution in [1.29, 1.82) is 0 Å². The molecule has 0 aromatic heterocycles. The summed E-state index contributed by atoms with van der Waals surface area (Å²) in [6.07, 6.45) is 0.868. The highest BCUT2D eigenvalue weighted by Crippen LogP contribution is 2.19. The predicted molar refractivity (Wildman–Crippen MR) is 55.6 cm³/mol. The van der Waals surface area contributed by atoms with Gasteiger partial charge in [0.25, 0.3) is 0 Å². The molecule has 0 aliphatic heterocycles. The van der Waals surface area contributed by atoms with Gasteiger partial charge >= 0.3 is 0 Å². The van der Waals surface area contributed by atoms with E-state index in [1.54, 1.807) is 0 Å². The van der Waals surface area contributed by atoms with Crippen LogP contribution in [0.15, 0.2) is 0 Å². The number of carbonyl (C=O) groups excluding carboxylic acids is 1. The molecule has 0 aliphatic rings. The second-order valence-corrected chi connectivity index (χ2v) is 4.14. The van der Waals surface area contributed by atoms with Crippen molar-refractivity contribution in [2.24, 2.45) is 5.41 Å². The Labute approximate surface area is 81.3 Å². The fourth-order valence-electron chi connectivity index (χ4n) is 0.748. The molecule has 2 N–H and O–H groups in total. The van der Waals surface area contributed by atoms with Gasteiger partial charge in [0.1, 0.15) is 0 Å². The molecule has 1 atom stereocenters. The minimum absolute atomic E-state index is 0.136. The summed E-state index contributed by atoms with van der Waals surface area (Å²) in [5, 5.41) is 6.00. The minimum Gasteiger partial charge on any atom is -0.354 e. The first kappa shape index (κ1) is 12.4. The quantitative estimate of drug-likeness (QED) is 0.676. The lowest BCUT2D eigenvalue weighted by Gasteiger charge is -2.22. The lowest BCUT2D eigenvalue weighted by molar-refractivity contribution is -0.129. The van der Waals surface area contributed by atoms with Gasteiger partial charge in [-0.2, -0.15) is 0 Å². The molecule has 78 valence electrons. The van der Waals surface area contributed by atoms with Crippen LogP contribution in [0.5, 0.6) is 0 Å². The molecule has 3 nitrogen and oxygen atoms in total. The zero-order chi connectivity index (χ0) is 10.5. The average molecular weight is 186 g/mol. The molecule has 0 spiro atoms. The standard InChI is InChI=1S/C10H22N2O/c1-6-10(3,4)9(13)12-7-8(2)11-5/h8,11H,6-7H2,1-5H3,(H,12,13). The van der Waals surface area contributed by atoms with Crippen LogP contribution in [0.2, 0.25) is 0 Å². The van der Waals surface area contributed by atoms with Crippen molar-refractivity contribution >= 4 is 5.91 Å². The second-order valence-electron chi connectivity index (χ2n) is 4.14. The van der Waals surface area contributed by atoms with Crippen molar-refractivity contribution in [2.45, 2.75) is 40.2 Å². The van der Waals surface area contributed by atoms with Crippen LogP contribution in [0.1, 0.15) is 34.1 Å². The number of hydrogen-bond donors (Lipinski definition) is 2. The average Bonchev–Trinajstić information content (AvgIpc) is 2.13. The molecular formula is C10H22N2O. The second kappa shape index (κ2) is 5.22. The molecule has 0 radical (unpaired) electrons. The predicted octanol–water partition coefficient (Wildman–Crippen LogP) is 1.15. The van der Waals surface area contributed by atoms with E-state index in [0.717, 1.165) is 6.42 Å². The maximum atomic E-state index is 11.6. The van der Waals surface area contributed by atoms with E-state index in [0.29, 0.717) is 12.6 Å². The Morgan fingerprint density at radius 1 is 1.46 bits per heavy atom. The Morgan fingerprint density at radius 3 is 2.38 bits per heavy atom. The van der Waals surface area contributed by atoms with E-state index in [9.17, 15) is 4.79 Å². The maximum Gasteiger partial charge on any atom is 0.225 e. The highest BCUT2D eigenvalue weighted by Gasteiger charge is 2.24. The zero-order valence-corrected chi connectivity index (χ0v) is 9.40. The molecule has 0 rings (SSSR count). The zero-order valence-electron chi connectivity index (χ0n) is 9.40. The molecule has 0 aliphatic carbocycles. The number of carbonyl (C=O) groups is 1. The molecule has 13 heavy (non-hydrogen) atoms. The van der Waals surface area contributed by atoms with Crippen LogP contribution in [0.4, 0.5) is 0 Å². The van der Waals surface area contributed by atoms with Crippen molar-refractivity contribution < 1.29 is 4.79 Å². The Morgan fingerprint density at radius 2 is 2.00 bits per heavy atom. The lowest BCUT2D eigenvalue weighted by atomic mass is 9.89. The van der Waals surface area contributed by atoms with Crippen LogP contribution >= 0.6 is 0 Å². The summed E-state index contributed by atoms with van der Waals surface area (Å²) in [6.45, 7) is 8.69. The molecule has 0 saturated carbocycles. The van der Waals surface area contributed by atoms with Crippen molar-refractivity contribution in [3.8, 4) is 0 Å². The highest BCUT2D eigenvalue weighted by atomic mass is 16.2. The molecule has 1 amide bonds. The van der Waals surface area contributed by atoms with Crippen molar-refractivity contribution in [3.63, 3.8) is 0 Å². The number of amides is 1. The number of nitrogens with one attached hydrogen (secondary N) is 2. The summed E-state index contributed by atoms with van der Waals surface area (Å²) < 4.78 is 0. The molecule has 0 fully saturated rings. The van der Waals surface area contributed by atoms with Gasteiger partial charge in [-0.25, -0.2) is 0 Å². The summed E-state index contributed by atoms with van der Waals surface area (Å²) >= 11 is 0. The molecular weight excluding hydrogens is 164 g/mol. The van der Waals surface area contributed by atoms with Gasteiger partial charge in [-0.3, -0.25) is 4.79 Å². The normalized spacial score (nSPS) is 13.9. The summed E-state index contributed by atoms with van der Waals surface area (Å²) in [5.41, 5.74) is -0.243. The van der Waals surface area contributed by atoms with E-state index in [1.807, 2.05) is 34.7 Å². The van der Waals surface area contributed by atoms with Gasteiger partial charge < -0.3 is 10.6 Å². The summed E-state index contributed by atoms with van der Waals surface area (Å²) in [5.74, 6) is 0.136. The first-order valence-electron chi connectivity index (χ1n) is 4.89. The fraction of sp³-hybridized carbons (Fsp3) is 0.900. The molecule has 1 unspecified atom stereocenters. The van der Waals surface area contributed by atoms with Crippen molar-refractivity contribution in [3.05, 3.63) is 0 Å². The third kappa shape index (κ3) is 4.27. The van der Waals surface area contributed by atoms with Crippen LogP contribution in [-0.2, 0) is 4.79 Å². The van der Waals surface area contributed by atoms with Crippen LogP contribution < -0.4 is 10.6 Å².